The SMILES string of the molecule is CC1(C)c2ccccc2-c2ccc(N(c3ccc(-c4ccccc4)cc3)c3ccc4c(c3)C(c3ccc(-c5ccccc5)cc3)(c3ccc(-c5cccc6c5sc5ccccc56)cc3)c3ccccc3-4)cc21. The Balaban J connectivity index is 0.984. The minimum atomic E-state index is -0.635. The van der Waals surface area contributed by atoms with E-state index in [0.29, 0.717) is 0 Å². The Hall–Kier alpha value is -8.56. The predicted molar refractivity (Wildman–Crippen MR) is 305 cm³/mol. The van der Waals surface area contributed by atoms with Crippen LogP contribution in [0.5, 0.6) is 0 Å². The average molecular weight is 936 g/mol. The van der Waals surface area contributed by atoms with Gasteiger partial charge in [0.2, 0.25) is 0 Å². The highest BCUT2D eigenvalue weighted by atomic mass is 32.1. The van der Waals surface area contributed by atoms with Crippen LogP contribution in [0.4, 0.5) is 17.1 Å². The largest absolute Gasteiger partial charge is 0.310 e. The van der Waals surface area contributed by atoms with Crippen LogP contribution in [0.2, 0.25) is 0 Å². The van der Waals surface area contributed by atoms with Gasteiger partial charge in [-0.25, -0.2) is 0 Å². The van der Waals surface area contributed by atoms with Crippen molar-refractivity contribution in [3.8, 4) is 55.6 Å². The predicted octanol–water partition coefficient (Wildman–Crippen LogP) is 19.2. The lowest BCUT2D eigenvalue weighted by molar-refractivity contribution is 0.660. The van der Waals surface area contributed by atoms with E-state index in [2.05, 4.69) is 280 Å². The lowest BCUT2D eigenvalue weighted by Crippen LogP contribution is -2.29. The summed E-state index contributed by atoms with van der Waals surface area (Å²) >= 11 is 1.89. The highest BCUT2D eigenvalue weighted by Gasteiger charge is 2.46. The minimum absolute atomic E-state index is 0.153. The van der Waals surface area contributed by atoms with Crippen LogP contribution in [0.3, 0.4) is 0 Å². The van der Waals surface area contributed by atoms with Crippen LogP contribution in [0.15, 0.2) is 261 Å². The molecule has 0 saturated carbocycles. The zero-order valence-corrected chi connectivity index (χ0v) is 41.0. The first-order chi connectivity index (χ1) is 35.4. The molecular formula is C70H49NS. The van der Waals surface area contributed by atoms with Crippen molar-refractivity contribution in [2.75, 3.05) is 4.90 Å². The molecule has 2 aliphatic carbocycles. The summed E-state index contributed by atoms with van der Waals surface area (Å²) in [6.07, 6.45) is 0. The topological polar surface area (TPSA) is 3.24 Å². The molecule has 11 aromatic carbocycles. The first-order valence-corrected chi connectivity index (χ1v) is 25.9. The third kappa shape index (κ3) is 6.46. The van der Waals surface area contributed by atoms with Crippen LogP contribution in [0, 0.1) is 0 Å². The van der Waals surface area contributed by atoms with E-state index in [1.807, 2.05) is 11.3 Å². The summed E-state index contributed by atoms with van der Waals surface area (Å²) < 4.78 is 2.65. The second-order valence-corrected chi connectivity index (χ2v) is 21.0. The van der Waals surface area contributed by atoms with E-state index in [1.165, 1.54) is 109 Å². The third-order valence-electron chi connectivity index (χ3n) is 15.8. The van der Waals surface area contributed by atoms with Crippen LogP contribution in [-0.2, 0) is 10.8 Å². The number of anilines is 3. The van der Waals surface area contributed by atoms with Crippen molar-refractivity contribution < 1.29 is 0 Å². The van der Waals surface area contributed by atoms with Crippen molar-refractivity contribution in [2.24, 2.45) is 0 Å². The molecule has 0 amide bonds. The normalized spacial score (nSPS) is 15.0. The monoisotopic (exact) mass is 935 g/mol. The van der Waals surface area contributed by atoms with Gasteiger partial charge in [0.25, 0.3) is 0 Å². The van der Waals surface area contributed by atoms with Crippen molar-refractivity contribution in [3.63, 3.8) is 0 Å². The Kier molecular flexibility index (Phi) is 9.71. The molecule has 1 atom stereocenters. The van der Waals surface area contributed by atoms with Gasteiger partial charge in [0.05, 0.1) is 5.41 Å². The van der Waals surface area contributed by atoms with Gasteiger partial charge in [-0.15, -0.1) is 11.3 Å². The van der Waals surface area contributed by atoms with Crippen LogP contribution < -0.4 is 4.90 Å². The zero-order valence-electron chi connectivity index (χ0n) is 40.2. The number of hydrogen-bond acceptors (Lipinski definition) is 2. The fourth-order valence-corrected chi connectivity index (χ4v) is 13.6. The molecule has 2 aliphatic rings. The van der Waals surface area contributed by atoms with E-state index >= 15 is 0 Å². The van der Waals surface area contributed by atoms with Crippen molar-refractivity contribution in [1.29, 1.82) is 0 Å². The molecule has 14 rings (SSSR count). The van der Waals surface area contributed by atoms with E-state index in [-0.39, 0.29) is 5.41 Å². The Morgan fingerprint density at radius 2 is 0.750 bits per heavy atom. The molecule has 1 heterocycles. The Morgan fingerprint density at radius 1 is 0.306 bits per heavy atom. The molecule has 0 aliphatic heterocycles. The zero-order chi connectivity index (χ0) is 48.0. The summed E-state index contributed by atoms with van der Waals surface area (Å²) in [6, 6.07) is 97.5. The van der Waals surface area contributed by atoms with Crippen molar-refractivity contribution in [3.05, 3.63) is 294 Å². The maximum absolute atomic E-state index is 2.50. The number of nitrogens with zero attached hydrogens (tertiary/aromatic N) is 1. The second-order valence-electron chi connectivity index (χ2n) is 20.0. The number of thiophene rings is 1. The lowest BCUT2D eigenvalue weighted by Gasteiger charge is -2.35. The highest BCUT2D eigenvalue weighted by molar-refractivity contribution is 7.26. The molecule has 0 N–H and O–H groups in total. The molecule has 0 spiro atoms. The first kappa shape index (κ1) is 42.3. The fraction of sp³-hybridized carbons (Fsp3) is 0.0571. The van der Waals surface area contributed by atoms with Crippen molar-refractivity contribution in [2.45, 2.75) is 24.7 Å². The maximum Gasteiger partial charge on any atom is 0.0714 e. The molecule has 2 heteroatoms. The fourth-order valence-electron chi connectivity index (χ4n) is 12.3. The number of fused-ring (bicyclic) bond motifs is 9. The van der Waals surface area contributed by atoms with Gasteiger partial charge in [0.1, 0.15) is 0 Å². The molecule has 1 nitrogen and oxygen atoms in total. The molecular weight excluding hydrogens is 887 g/mol. The summed E-state index contributed by atoms with van der Waals surface area (Å²) in [5.74, 6) is 0. The van der Waals surface area contributed by atoms with Crippen LogP contribution >= 0.6 is 11.3 Å². The van der Waals surface area contributed by atoms with Gasteiger partial charge >= 0.3 is 0 Å². The molecule has 12 aromatic rings. The molecule has 1 aromatic heterocycles. The van der Waals surface area contributed by atoms with E-state index < -0.39 is 5.41 Å². The van der Waals surface area contributed by atoms with Gasteiger partial charge in [-0.1, -0.05) is 232 Å². The van der Waals surface area contributed by atoms with Crippen LogP contribution in [0.1, 0.15) is 47.2 Å². The van der Waals surface area contributed by atoms with Crippen LogP contribution in [-0.4, -0.2) is 0 Å². The van der Waals surface area contributed by atoms with E-state index in [1.54, 1.807) is 0 Å². The summed E-state index contributed by atoms with van der Waals surface area (Å²) in [7, 11) is 0. The average Bonchev–Trinajstić information content (AvgIpc) is 4.05. The summed E-state index contributed by atoms with van der Waals surface area (Å²) in [6.45, 7) is 4.75. The summed E-state index contributed by atoms with van der Waals surface area (Å²) in [4.78, 5) is 2.48. The summed E-state index contributed by atoms with van der Waals surface area (Å²) in [5.41, 5.74) is 22.8. The Bertz CT molecular complexity index is 4030. The summed E-state index contributed by atoms with van der Waals surface area (Å²) in [5, 5.41) is 2.63. The second kappa shape index (κ2) is 16.5. The van der Waals surface area contributed by atoms with Gasteiger partial charge in [-0.3, -0.25) is 0 Å². The van der Waals surface area contributed by atoms with Crippen molar-refractivity contribution in [1.82, 2.24) is 0 Å². The third-order valence-corrected chi connectivity index (χ3v) is 17.0. The van der Waals surface area contributed by atoms with Gasteiger partial charge in [-0.05, 0) is 131 Å². The molecule has 340 valence electrons. The molecule has 1 unspecified atom stereocenters. The van der Waals surface area contributed by atoms with Gasteiger partial charge in [0, 0.05) is 42.6 Å². The molecule has 0 fully saturated rings. The molecule has 0 bridgehead atoms. The maximum atomic E-state index is 2.50. The standard InChI is InChI=1S/C70H49NS/c1-69(2)63-25-12-9-20-57(63)59-42-40-54(44-65(59)69)71(53-38-32-49(33-39-53)47-18-7-4-8-19-47)55-41-43-60-58-21-10-13-26-64(58)70(66(60)45-55,51-34-28-48(29-35-51)46-16-5-3-6-17-46)52-36-30-50(31-37-52)56-23-15-24-62-61-22-11-14-27-67(61)72-68(56)62/h3-45H,1-2H3. The van der Waals surface area contributed by atoms with Crippen LogP contribution in [0.25, 0.3) is 75.8 Å². The number of hydrogen-bond donors (Lipinski definition) is 0. The smallest absolute Gasteiger partial charge is 0.0714 e. The molecule has 0 radical (unpaired) electrons. The van der Waals surface area contributed by atoms with E-state index in [4.69, 9.17) is 0 Å². The number of benzene rings is 11. The van der Waals surface area contributed by atoms with E-state index in [9.17, 15) is 0 Å². The molecule has 0 saturated heterocycles. The van der Waals surface area contributed by atoms with E-state index in [0.717, 1.165) is 17.1 Å². The highest BCUT2D eigenvalue weighted by Crippen LogP contribution is 2.58. The quantitative estimate of drug-likeness (QED) is 0.147. The van der Waals surface area contributed by atoms with Gasteiger partial charge in [-0.2, -0.15) is 0 Å². The Labute approximate surface area is 425 Å². The van der Waals surface area contributed by atoms with Gasteiger partial charge < -0.3 is 4.90 Å². The minimum Gasteiger partial charge on any atom is -0.310 e. The Morgan fingerprint density at radius 3 is 1.40 bits per heavy atom. The van der Waals surface area contributed by atoms with Gasteiger partial charge in [0.15, 0.2) is 0 Å². The lowest BCUT2D eigenvalue weighted by atomic mass is 9.67. The van der Waals surface area contributed by atoms with Crippen molar-refractivity contribution >= 4 is 48.6 Å². The molecule has 72 heavy (non-hydrogen) atoms. The first-order valence-electron chi connectivity index (χ1n) is 25.1. The number of rotatable bonds is 8.